The molecular weight excluding hydrogens is 215 g/mol. The highest BCUT2D eigenvalue weighted by molar-refractivity contribution is 5.58. The Kier molecular flexibility index (Phi) is 3.02. The number of fused-ring (bicyclic) bond motifs is 1. The summed E-state index contributed by atoms with van der Waals surface area (Å²) in [6, 6.07) is 5.77. The maximum atomic E-state index is 13.3. The standard InChI is InChI=1S/C14H19FN2/c15-12-5-4-11-6-8-17(14(11)9-12)10-13-3-1-2-7-16-13/h4-5,9,13,16H,1-3,6-8,10H2. The molecule has 0 aliphatic carbocycles. The molecule has 17 heavy (non-hydrogen) atoms. The van der Waals surface area contributed by atoms with E-state index in [-0.39, 0.29) is 5.82 Å². The average Bonchev–Trinajstić information content (AvgIpc) is 2.73. The molecule has 1 fully saturated rings. The third-order valence-electron chi connectivity index (χ3n) is 3.89. The SMILES string of the molecule is Fc1ccc2c(c1)N(CC1CCCCN1)CC2. The minimum Gasteiger partial charge on any atom is -0.369 e. The van der Waals surface area contributed by atoms with Gasteiger partial charge < -0.3 is 10.2 Å². The largest absolute Gasteiger partial charge is 0.369 e. The van der Waals surface area contributed by atoms with Crippen LogP contribution in [-0.2, 0) is 6.42 Å². The van der Waals surface area contributed by atoms with E-state index in [0.29, 0.717) is 6.04 Å². The fourth-order valence-corrected chi connectivity index (χ4v) is 2.95. The molecule has 1 N–H and O–H groups in total. The van der Waals surface area contributed by atoms with E-state index in [1.54, 1.807) is 12.1 Å². The van der Waals surface area contributed by atoms with Crippen molar-refractivity contribution in [2.24, 2.45) is 0 Å². The molecule has 0 aromatic heterocycles. The molecule has 1 aromatic rings. The van der Waals surface area contributed by atoms with Crippen LogP contribution in [0.5, 0.6) is 0 Å². The molecule has 1 atom stereocenters. The van der Waals surface area contributed by atoms with Gasteiger partial charge in [-0.1, -0.05) is 12.5 Å². The van der Waals surface area contributed by atoms with Gasteiger partial charge in [0.2, 0.25) is 0 Å². The summed E-state index contributed by atoms with van der Waals surface area (Å²) in [5.41, 5.74) is 2.40. The first-order chi connectivity index (χ1) is 8.33. The van der Waals surface area contributed by atoms with Gasteiger partial charge in [-0.15, -0.1) is 0 Å². The van der Waals surface area contributed by atoms with Gasteiger partial charge in [-0.3, -0.25) is 0 Å². The third kappa shape index (κ3) is 2.29. The van der Waals surface area contributed by atoms with Gasteiger partial charge in [0.1, 0.15) is 5.82 Å². The average molecular weight is 234 g/mol. The number of benzene rings is 1. The van der Waals surface area contributed by atoms with Crippen LogP contribution >= 0.6 is 0 Å². The van der Waals surface area contributed by atoms with E-state index in [0.717, 1.165) is 31.7 Å². The summed E-state index contributed by atoms with van der Waals surface area (Å²) >= 11 is 0. The summed E-state index contributed by atoms with van der Waals surface area (Å²) in [4.78, 5) is 2.33. The molecular formula is C14H19FN2. The highest BCUT2D eigenvalue weighted by Gasteiger charge is 2.23. The summed E-state index contributed by atoms with van der Waals surface area (Å²) in [6.45, 7) is 3.20. The summed E-state index contributed by atoms with van der Waals surface area (Å²) in [7, 11) is 0. The molecule has 0 radical (unpaired) electrons. The number of hydrogen-bond donors (Lipinski definition) is 1. The van der Waals surface area contributed by atoms with E-state index in [4.69, 9.17) is 0 Å². The van der Waals surface area contributed by atoms with Crippen molar-refractivity contribution in [3.63, 3.8) is 0 Å². The van der Waals surface area contributed by atoms with E-state index >= 15 is 0 Å². The fraction of sp³-hybridized carbons (Fsp3) is 0.571. The van der Waals surface area contributed by atoms with Gasteiger partial charge in [-0.25, -0.2) is 4.39 Å². The van der Waals surface area contributed by atoms with Crippen LogP contribution < -0.4 is 10.2 Å². The second kappa shape index (κ2) is 4.65. The van der Waals surface area contributed by atoms with Crippen molar-refractivity contribution < 1.29 is 4.39 Å². The number of anilines is 1. The zero-order valence-corrected chi connectivity index (χ0v) is 10.1. The summed E-state index contributed by atoms with van der Waals surface area (Å²) in [5, 5.41) is 3.56. The molecule has 0 amide bonds. The second-order valence-corrected chi connectivity index (χ2v) is 5.12. The Bertz CT molecular complexity index is 399. The van der Waals surface area contributed by atoms with E-state index in [1.165, 1.54) is 24.8 Å². The summed E-state index contributed by atoms with van der Waals surface area (Å²) < 4.78 is 13.3. The van der Waals surface area contributed by atoms with Gasteiger partial charge in [0.15, 0.2) is 0 Å². The fourth-order valence-electron chi connectivity index (χ4n) is 2.95. The van der Waals surface area contributed by atoms with Gasteiger partial charge >= 0.3 is 0 Å². The smallest absolute Gasteiger partial charge is 0.125 e. The van der Waals surface area contributed by atoms with Crippen molar-refractivity contribution in [3.8, 4) is 0 Å². The quantitative estimate of drug-likeness (QED) is 0.845. The summed E-state index contributed by atoms with van der Waals surface area (Å²) in [5.74, 6) is -0.118. The summed E-state index contributed by atoms with van der Waals surface area (Å²) in [6.07, 6.45) is 4.92. The van der Waals surface area contributed by atoms with Crippen LogP contribution in [-0.4, -0.2) is 25.7 Å². The zero-order valence-electron chi connectivity index (χ0n) is 10.1. The molecule has 1 saturated heterocycles. The van der Waals surface area contributed by atoms with Crippen molar-refractivity contribution >= 4 is 5.69 Å². The molecule has 2 nitrogen and oxygen atoms in total. The highest BCUT2D eigenvalue weighted by Crippen LogP contribution is 2.29. The number of piperidine rings is 1. The molecule has 0 spiro atoms. The van der Waals surface area contributed by atoms with Gasteiger partial charge in [-0.2, -0.15) is 0 Å². The normalized spacial score (nSPS) is 23.8. The first-order valence-corrected chi connectivity index (χ1v) is 6.60. The maximum Gasteiger partial charge on any atom is 0.125 e. The molecule has 3 heteroatoms. The van der Waals surface area contributed by atoms with Crippen LogP contribution in [0.1, 0.15) is 24.8 Å². The Morgan fingerprint density at radius 2 is 2.29 bits per heavy atom. The minimum atomic E-state index is -0.118. The number of rotatable bonds is 2. The lowest BCUT2D eigenvalue weighted by molar-refractivity contribution is 0.401. The van der Waals surface area contributed by atoms with Crippen molar-refractivity contribution in [3.05, 3.63) is 29.6 Å². The first kappa shape index (κ1) is 11.0. The van der Waals surface area contributed by atoms with Gasteiger partial charge in [0.05, 0.1) is 0 Å². The van der Waals surface area contributed by atoms with E-state index in [1.807, 2.05) is 6.07 Å². The van der Waals surface area contributed by atoms with Crippen LogP contribution in [0.2, 0.25) is 0 Å². The van der Waals surface area contributed by atoms with Crippen molar-refractivity contribution in [2.75, 3.05) is 24.5 Å². The van der Waals surface area contributed by atoms with Gasteiger partial charge in [0.25, 0.3) is 0 Å². The molecule has 0 bridgehead atoms. The Balaban J connectivity index is 1.72. The monoisotopic (exact) mass is 234 g/mol. The van der Waals surface area contributed by atoms with Crippen molar-refractivity contribution in [1.82, 2.24) is 5.32 Å². The molecule has 1 unspecified atom stereocenters. The predicted molar refractivity (Wildman–Crippen MR) is 68.0 cm³/mol. The van der Waals surface area contributed by atoms with Crippen LogP contribution in [0.4, 0.5) is 10.1 Å². The number of nitrogens with one attached hydrogen (secondary N) is 1. The first-order valence-electron chi connectivity index (χ1n) is 6.60. The number of halogens is 1. The Hall–Kier alpha value is -1.09. The Labute approximate surface area is 102 Å². The molecule has 1 aromatic carbocycles. The Morgan fingerprint density at radius 1 is 1.35 bits per heavy atom. The third-order valence-corrected chi connectivity index (χ3v) is 3.89. The lowest BCUT2D eigenvalue weighted by Crippen LogP contribution is -2.43. The predicted octanol–water partition coefficient (Wildman–Crippen LogP) is 2.33. The highest BCUT2D eigenvalue weighted by atomic mass is 19.1. The van der Waals surface area contributed by atoms with Gasteiger partial charge in [-0.05, 0) is 43.5 Å². The van der Waals surface area contributed by atoms with Crippen molar-refractivity contribution in [1.29, 1.82) is 0 Å². The van der Waals surface area contributed by atoms with Crippen molar-refractivity contribution in [2.45, 2.75) is 31.7 Å². The number of nitrogens with zero attached hydrogens (tertiary/aromatic N) is 1. The van der Waals surface area contributed by atoms with E-state index < -0.39 is 0 Å². The topological polar surface area (TPSA) is 15.3 Å². The Morgan fingerprint density at radius 3 is 3.12 bits per heavy atom. The maximum absolute atomic E-state index is 13.3. The molecule has 0 saturated carbocycles. The van der Waals surface area contributed by atoms with Gasteiger partial charge in [0, 0.05) is 24.8 Å². The lowest BCUT2D eigenvalue weighted by atomic mass is 10.0. The molecule has 2 heterocycles. The molecule has 92 valence electrons. The molecule has 2 aliphatic rings. The minimum absolute atomic E-state index is 0.118. The van der Waals surface area contributed by atoms with E-state index in [9.17, 15) is 4.39 Å². The number of hydrogen-bond acceptors (Lipinski definition) is 2. The molecule has 2 aliphatic heterocycles. The molecule has 3 rings (SSSR count). The second-order valence-electron chi connectivity index (χ2n) is 5.12. The van der Waals surface area contributed by atoms with Crippen LogP contribution in [0.3, 0.4) is 0 Å². The lowest BCUT2D eigenvalue weighted by Gasteiger charge is -2.29. The van der Waals surface area contributed by atoms with E-state index in [2.05, 4.69) is 10.2 Å². The van der Waals surface area contributed by atoms with Crippen LogP contribution in [0, 0.1) is 5.82 Å². The zero-order chi connectivity index (χ0) is 11.7. The van der Waals surface area contributed by atoms with Crippen LogP contribution in [0.15, 0.2) is 18.2 Å². The van der Waals surface area contributed by atoms with Crippen LogP contribution in [0.25, 0.3) is 0 Å².